The second-order valence-corrected chi connectivity index (χ2v) is 6.60. The molecule has 0 rings (SSSR count). The summed E-state index contributed by atoms with van der Waals surface area (Å²) in [5, 5.41) is 2.82. The second kappa shape index (κ2) is 5.68. The molecular weight excluding hydrogens is 200 g/mol. The molecule has 0 amide bonds. The lowest BCUT2D eigenvalue weighted by Gasteiger charge is -2.22. The Morgan fingerprint density at radius 3 is 2.07 bits per heavy atom. The van der Waals surface area contributed by atoms with Crippen molar-refractivity contribution < 1.29 is 8.42 Å². The second-order valence-electron chi connectivity index (χ2n) is 4.13. The summed E-state index contributed by atoms with van der Waals surface area (Å²) >= 11 is 0. The van der Waals surface area contributed by atoms with E-state index in [2.05, 4.69) is 19.2 Å². The maximum atomic E-state index is 11.1. The molecule has 0 radical (unpaired) electrons. The van der Waals surface area contributed by atoms with Crippen molar-refractivity contribution in [3.63, 3.8) is 0 Å². The van der Waals surface area contributed by atoms with Gasteiger partial charge in [0, 0.05) is 25.4 Å². The number of rotatable bonds is 6. The molecule has 5 heteroatoms. The molecule has 3 N–H and O–H groups in total. The molecule has 0 saturated carbocycles. The maximum absolute atomic E-state index is 11.1. The summed E-state index contributed by atoms with van der Waals surface area (Å²) in [4.78, 5) is 0. The first-order valence-electron chi connectivity index (χ1n) is 4.91. The van der Waals surface area contributed by atoms with Gasteiger partial charge in [-0.1, -0.05) is 13.8 Å². The highest BCUT2D eigenvalue weighted by Crippen LogP contribution is 2.01. The molecular formula is C9H22N2O2S. The van der Waals surface area contributed by atoms with E-state index in [4.69, 9.17) is 5.73 Å². The highest BCUT2D eigenvalue weighted by Gasteiger charge is 2.17. The lowest BCUT2D eigenvalue weighted by Crippen LogP contribution is -2.44. The number of nitrogens with two attached hydrogens (primary N) is 1. The van der Waals surface area contributed by atoms with E-state index in [1.54, 1.807) is 6.92 Å². The monoisotopic (exact) mass is 222 g/mol. The van der Waals surface area contributed by atoms with Gasteiger partial charge in [0.1, 0.15) is 0 Å². The van der Waals surface area contributed by atoms with Crippen LogP contribution in [0, 0.1) is 5.92 Å². The van der Waals surface area contributed by atoms with E-state index in [-0.39, 0.29) is 11.3 Å². The minimum atomic E-state index is -2.94. The van der Waals surface area contributed by atoms with E-state index < -0.39 is 9.84 Å². The van der Waals surface area contributed by atoms with E-state index in [0.29, 0.717) is 19.0 Å². The standard InChI is InChI=1S/C9H22N2O2S/c1-7(2)9(5-10)11-6-8(3)14(4,12)13/h7-9,11H,5-6,10H2,1-4H3. The molecule has 0 aromatic carbocycles. The van der Waals surface area contributed by atoms with Crippen LogP contribution in [0.5, 0.6) is 0 Å². The minimum Gasteiger partial charge on any atom is -0.329 e. The zero-order valence-corrected chi connectivity index (χ0v) is 10.3. The summed E-state index contributed by atoms with van der Waals surface area (Å²) in [5.41, 5.74) is 5.56. The third-order valence-electron chi connectivity index (χ3n) is 2.46. The fraction of sp³-hybridized carbons (Fsp3) is 1.00. The highest BCUT2D eigenvalue weighted by atomic mass is 32.2. The lowest BCUT2D eigenvalue weighted by atomic mass is 10.0. The topological polar surface area (TPSA) is 72.2 Å². The first-order valence-corrected chi connectivity index (χ1v) is 6.86. The molecule has 0 bridgehead atoms. The van der Waals surface area contributed by atoms with E-state index in [9.17, 15) is 8.42 Å². The summed E-state index contributed by atoms with van der Waals surface area (Å²) in [7, 11) is -2.94. The van der Waals surface area contributed by atoms with Crippen LogP contribution in [0.25, 0.3) is 0 Å². The number of sulfone groups is 1. The van der Waals surface area contributed by atoms with Crippen molar-refractivity contribution >= 4 is 9.84 Å². The molecule has 0 spiro atoms. The van der Waals surface area contributed by atoms with Crippen LogP contribution >= 0.6 is 0 Å². The van der Waals surface area contributed by atoms with Crippen LogP contribution in [-0.2, 0) is 9.84 Å². The third kappa shape index (κ3) is 4.93. The molecule has 0 heterocycles. The van der Waals surface area contributed by atoms with Gasteiger partial charge in [-0.2, -0.15) is 0 Å². The molecule has 2 unspecified atom stereocenters. The lowest BCUT2D eigenvalue weighted by molar-refractivity contribution is 0.406. The molecule has 0 aliphatic rings. The number of nitrogens with one attached hydrogen (secondary N) is 1. The van der Waals surface area contributed by atoms with Gasteiger partial charge in [-0.25, -0.2) is 8.42 Å². The van der Waals surface area contributed by atoms with Crippen molar-refractivity contribution in [2.45, 2.75) is 32.1 Å². The van der Waals surface area contributed by atoms with Crippen LogP contribution in [0.4, 0.5) is 0 Å². The van der Waals surface area contributed by atoms with Crippen molar-refractivity contribution in [3.8, 4) is 0 Å². The van der Waals surface area contributed by atoms with Gasteiger partial charge >= 0.3 is 0 Å². The number of hydrogen-bond donors (Lipinski definition) is 2. The Bertz CT molecular complexity index is 250. The Morgan fingerprint density at radius 1 is 1.29 bits per heavy atom. The molecule has 0 aliphatic carbocycles. The van der Waals surface area contributed by atoms with Crippen molar-refractivity contribution in [3.05, 3.63) is 0 Å². The maximum Gasteiger partial charge on any atom is 0.151 e. The van der Waals surface area contributed by atoms with Gasteiger partial charge in [0.2, 0.25) is 0 Å². The van der Waals surface area contributed by atoms with Gasteiger partial charge in [0.25, 0.3) is 0 Å². The van der Waals surface area contributed by atoms with Crippen molar-refractivity contribution in [2.75, 3.05) is 19.3 Å². The SMILES string of the molecule is CC(C)C(CN)NCC(C)S(C)(=O)=O. The van der Waals surface area contributed by atoms with Gasteiger partial charge in [0.15, 0.2) is 9.84 Å². The Morgan fingerprint density at radius 2 is 1.79 bits per heavy atom. The summed E-state index contributed by atoms with van der Waals surface area (Å²) < 4.78 is 22.3. The predicted octanol–water partition coefficient (Wildman–Crippen LogP) is -0.00760. The van der Waals surface area contributed by atoms with Gasteiger partial charge in [-0.15, -0.1) is 0 Å². The molecule has 0 aromatic heterocycles. The third-order valence-corrected chi connectivity index (χ3v) is 4.09. The highest BCUT2D eigenvalue weighted by molar-refractivity contribution is 7.91. The zero-order valence-electron chi connectivity index (χ0n) is 9.45. The molecule has 0 fully saturated rings. The smallest absolute Gasteiger partial charge is 0.151 e. The summed E-state index contributed by atoms with van der Waals surface area (Å²) in [6, 6.07) is 0.194. The fourth-order valence-corrected chi connectivity index (χ4v) is 1.46. The largest absolute Gasteiger partial charge is 0.329 e. The van der Waals surface area contributed by atoms with E-state index in [1.807, 2.05) is 0 Å². The van der Waals surface area contributed by atoms with Gasteiger partial charge in [-0.05, 0) is 12.8 Å². The summed E-state index contributed by atoms with van der Waals surface area (Å²) in [6.07, 6.45) is 1.26. The van der Waals surface area contributed by atoms with Crippen LogP contribution in [0.1, 0.15) is 20.8 Å². The summed E-state index contributed by atoms with van der Waals surface area (Å²) in [6.45, 7) is 6.84. The van der Waals surface area contributed by atoms with E-state index in [1.165, 1.54) is 6.26 Å². The first kappa shape index (κ1) is 13.9. The Labute approximate surface area is 87.2 Å². The first-order chi connectivity index (χ1) is 6.29. The van der Waals surface area contributed by atoms with Crippen LogP contribution in [0.3, 0.4) is 0 Å². The Balaban J connectivity index is 4.05. The molecule has 0 aliphatic heterocycles. The number of hydrogen-bond acceptors (Lipinski definition) is 4. The minimum absolute atomic E-state index is 0.194. The normalized spacial score (nSPS) is 17.0. The van der Waals surface area contributed by atoms with Gasteiger partial charge in [-0.3, -0.25) is 0 Å². The molecule has 4 nitrogen and oxygen atoms in total. The van der Waals surface area contributed by atoms with E-state index >= 15 is 0 Å². The van der Waals surface area contributed by atoms with E-state index in [0.717, 1.165) is 0 Å². The van der Waals surface area contributed by atoms with Crippen molar-refractivity contribution in [1.82, 2.24) is 5.32 Å². The quantitative estimate of drug-likeness (QED) is 0.663. The van der Waals surface area contributed by atoms with Crippen LogP contribution < -0.4 is 11.1 Å². The molecule has 0 aromatic rings. The molecule has 2 atom stereocenters. The average Bonchev–Trinajstić information content (AvgIpc) is 2.02. The fourth-order valence-electron chi connectivity index (χ4n) is 1.06. The van der Waals surface area contributed by atoms with Gasteiger partial charge in [0.05, 0.1) is 5.25 Å². The molecule has 0 saturated heterocycles. The van der Waals surface area contributed by atoms with Gasteiger partial charge < -0.3 is 11.1 Å². The molecule has 14 heavy (non-hydrogen) atoms. The van der Waals surface area contributed by atoms with Crippen molar-refractivity contribution in [1.29, 1.82) is 0 Å². The van der Waals surface area contributed by atoms with Crippen molar-refractivity contribution in [2.24, 2.45) is 11.7 Å². The van der Waals surface area contributed by atoms with Crippen LogP contribution in [-0.4, -0.2) is 39.1 Å². The summed E-state index contributed by atoms with van der Waals surface area (Å²) in [5.74, 6) is 0.423. The van der Waals surface area contributed by atoms with Crippen LogP contribution in [0.15, 0.2) is 0 Å². The zero-order chi connectivity index (χ0) is 11.4. The average molecular weight is 222 g/mol. The predicted molar refractivity (Wildman–Crippen MR) is 60.0 cm³/mol. The molecule has 86 valence electrons. The Hall–Kier alpha value is -0.130. The Kier molecular flexibility index (Phi) is 5.63. The van der Waals surface area contributed by atoms with Crippen LogP contribution in [0.2, 0.25) is 0 Å².